The van der Waals surface area contributed by atoms with E-state index in [1.165, 1.54) is 16.7 Å². The van der Waals surface area contributed by atoms with E-state index in [1.807, 2.05) is 6.07 Å². The molecule has 8 nitrogen and oxygen atoms in total. The average molecular weight is 567 g/mol. The van der Waals surface area contributed by atoms with E-state index in [2.05, 4.69) is 27.6 Å². The van der Waals surface area contributed by atoms with Gasteiger partial charge in [-0.1, -0.05) is 6.08 Å². The van der Waals surface area contributed by atoms with Crippen LogP contribution in [-0.2, 0) is 4.74 Å². The molecule has 0 unspecified atom stereocenters. The summed E-state index contributed by atoms with van der Waals surface area (Å²) in [5, 5.41) is 11.4. The molecule has 0 saturated heterocycles. The third-order valence-corrected chi connectivity index (χ3v) is 5.69. The Bertz CT molecular complexity index is 1480. The summed E-state index contributed by atoms with van der Waals surface area (Å²) in [5.74, 6) is -0.0631. The fourth-order valence-corrected chi connectivity index (χ4v) is 3.87. The van der Waals surface area contributed by atoms with Crippen molar-refractivity contribution in [2.45, 2.75) is 6.92 Å². The molecule has 0 fully saturated rings. The lowest BCUT2D eigenvalue weighted by Crippen LogP contribution is -2.22. The minimum absolute atomic E-state index is 0.00539. The van der Waals surface area contributed by atoms with Crippen molar-refractivity contribution in [2.24, 2.45) is 0 Å². The van der Waals surface area contributed by atoms with Crippen molar-refractivity contribution >= 4 is 57.3 Å². The second-order valence-electron chi connectivity index (χ2n) is 7.22. The number of esters is 1. The molecule has 9 heteroatoms. The van der Waals surface area contributed by atoms with Crippen LogP contribution in [0.1, 0.15) is 28.7 Å². The second kappa shape index (κ2) is 9.96. The Kier molecular flexibility index (Phi) is 6.82. The fourth-order valence-electron chi connectivity index (χ4n) is 3.38. The first kappa shape index (κ1) is 23.3. The van der Waals surface area contributed by atoms with E-state index in [0.29, 0.717) is 33.5 Å². The SMILES string of the molecule is CCOC(=O)c1ccc(-n2c(C=Cc3ccc([N+](=O)[O-])cc3)nc3ccc(I)cc3c2=O)cc1. The van der Waals surface area contributed by atoms with Crippen molar-refractivity contribution in [2.75, 3.05) is 6.61 Å². The van der Waals surface area contributed by atoms with Gasteiger partial charge in [0.05, 0.1) is 33.7 Å². The summed E-state index contributed by atoms with van der Waals surface area (Å²) in [7, 11) is 0. The summed E-state index contributed by atoms with van der Waals surface area (Å²) < 4.78 is 7.40. The molecule has 0 bridgehead atoms. The molecule has 1 heterocycles. The predicted octanol–water partition coefficient (Wildman–Crippen LogP) is 5.25. The number of carbonyl (C=O) groups excluding carboxylic acids is 1. The van der Waals surface area contributed by atoms with E-state index < -0.39 is 10.9 Å². The lowest BCUT2D eigenvalue weighted by molar-refractivity contribution is -0.384. The summed E-state index contributed by atoms with van der Waals surface area (Å²) in [6, 6.07) is 18.0. The van der Waals surface area contributed by atoms with E-state index in [0.717, 1.165) is 3.57 Å². The zero-order valence-corrected chi connectivity index (χ0v) is 20.1. The number of halogens is 1. The Labute approximate surface area is 207 Å². The van der Waals surface area contributed by atoms with Crippen molar-refractivity contribution in [1.29, 1.82) is 0 Å². The summed E-state index contributed by atoms with van der Waals surface area (Å²) in [6.45, 7) is 2.00. The number of nitro groups is 1. The molecule has 4 aromatic rings. The number of nitrogens with zero attached hydrogens (tertiary/aromatic N) is 3. The van der Waals surface area contributed by atoms with E-state index >= 15 is 0 Å². The van der Waals surface area contributed by atoms with Crippen molar-refractivity contribution in [3.05, 3.63) is 108 Å². The van der Waals surface area contributed by atoms with Crippen LogP contribution in [-0.4, -0.2) is 27.1 Å². The average Bonchev–Trinajstić information content (AvgIpc) is 2.84. The van der Waals surface area contributed by atoms with Crippen molar-refractivity contribution in [1.82, 2.24) is 9.55 Å². The molecule has 0 aliphatic heterocycles. The first-order valence-corrected chi connectivity index (χ1v) is 11.4. The number of aromatic nitrogens is 2. The monoisotopic (exact) mass is 567 g/mol. The maximum absolute atomic E-state index is 13.5. The van der Waals surface area contributed by atoms with Gasteiger partial charge in [-0.2, -0.15) is 0 Å². The van der Waals surface area contributed by atoms with Crippen molar-refractivity contribution in [3.63, 3.8) is 0 Å². The molecule has 170 valence electrons. The van der Waals surface area contributed by atoms with Gasteiger partial charge in [0.25, 0.3) is 11.2 Å². The lowest BCUT2D eigenvalue weighted by atomic mass is 10.1. The molecule has 0 amide bonds. The Balaban J connectivity index is 1.83. The molecular formula is C25H18IN3O5. The Morgan fingerprint density at radius 2 is 1.79 bits per heavy atom. The number of fused-ring (bicyclic) bond motifs is 1. The minimum Gasteiger partial charge on any atom is -0.462 e. The second-order valence-corrected chi connectivity index (χ2v) is 8.47. The summed E-state index contributed by atoms with van der Waals surface area (Å²) in [6.07, 6.45) is 3.41. The van der Waals surface area contributed by atoms with Crippen molar-refractivity contribution < 1.29 is 14.5 Å². The van der Waals surface area contributed by atoms with Gasteiger partial charge in [0.2, 0.25) is 0 Å². The zero-order chi connectivity index (χ0) is 24.2. The smallest absolute Gasteiger partial charge is 0.338 e. The van der Waals surface area contributed by atoms with E-state index in [-0.39, 0.29) is 17.9 Å². The molecule has 4 rings (SSSR count). The maximum atomic E-state index is 13.5. The zero-order valence-electron chi connectivity index (χ0n) is 18.0. The van der Waals surface area contributed by atoms with Gasteiger partial charge in [0.15, 0.2) is 0 Å². The molecule has 0 N–H and O–H groups in total. The van der Waals surface area contributed by atoms with E-state index in [1.54, 1.807) is 67.6 Å². The van der Waals surface area contributed by atoms with Gasteiger partial charge >= 0.3 is 5.97 Å². The summed E-state index contributed by atoms with van der Waals surface area (Å²) >= 11 is 2.14. The largest absolute Gasteiger partial charge is 0.462 e. The highest BCUT2D eigenvalue weighted by Crippen LogP contribution is 2.19. The highest BCUT2D eigenvalue weighted by Gasteiger charge is 2.13. The molecule has 1 aromatic heterocycles. The standard InChI is InChI=1S/C25H18IN3O5/c1-2-34-25(31)17-6-11-19(12-7-17)28-23(14-5-16-3-9-20(10-4-16)29(32)33)27-22-13-8-18(26)15-21(22)24(28)30/h3-15H,2H2,1H3. The van der Waals surface area contributed by atoms with E-state index in [9.17, 15) is 19.7 Å². The van der Waals surface area contributed by atoms with Crippen LogP contribution in [0.25, 0.3) is 28.7 Å². The van der Waals surface area contributed by atoms with E-state index in [4.69, 9.17) is 4.74 Å². The van der Waals surface area contributed by atoms with Crippen LogP contribution < -0.4 is 5.56 Å². The Morgan fingerprint density at radius 3 is 2.44 bits per heavy atom. The number of ether oxygens (including phenoxy) is 1. The van der Waals surface area contributed by atoms with Gasteiger partial charge in [-0.25, -0.2) is 9.78 Å². The van der Waals surface area contributed by atoms with Gasteiger partial charge in [-0.15, -0.1) is 0 Å². The highest BCUT2D eigenvalue weighted by atomic mass is 127. The molecule has 0 saturated carbocycles. The number of benzene rings is 3. The van der Waals surface area contributed by atoms with Crippen molar-refractivity contribution in [3.8, 4) is 5.69 Å². The maximum Gasteiger partial charge on any atom is 0.338 e. The normalized spacial score (nSPS) is 11.1. The number of hydrogen-bond acceptors (Lipinski definition) is 6. The predicted molar refractivity (Wildman–Crippen MR) is 138 cm³/mol. The summed E-state index contributed by atoms with van der Waals surface area (Å²) in [5.41, 5.74) is 1.92. The lowest BCUT2D eigenvalue weighted by Gasteiger charge is -2.12. The molecule has 0 aliphatic carbocycles. The third kappa shape index (κ3) is 4.88. The van der Waals surface area contributed by atoms with Crippen LogP contribution >= 0.6 is 22.6 Å². The van der Waals surface area contributed by atoms with Gasteiger partial charge in [0.1, 0.15) is 5.82 Å². The number of non-ortho nitro benzene ring substituents is 1. The number of carbonyl (C=O) groups is 1. The van der Waals surface area contributed by atoms with Crippen LogP contribution in [0.4, 0.5) is 5.69 Å². The molecule has 34 heavy (non-hydrogen) atoms. The topological polar surface area (TPSA) is 104 Å². The minimum atomic E-state index is -0.461. The van der Waals surface area contributed by atoms with Gasteiger partial charge in [0, 0.05) is 15.7 Å². The first-order valence-electron chi connectivity index (χ1n) is 10.3. The molecular weight excluding hydrogens is 549 g/mol. The van der Waals surface area contributed by atoms with Crippen LogP contribution in [0.15, 0.2) is 71.5 Å². The highest BCUT2D eigenvalue weighted by molar-refractivity contribution is 14.1. The molecule has 0 atom stereocenters. The molecule has 0 aliphatic rings. The third-order valence-electron chi connectivity index (χ3n) is 5.02. The van der Waals surface area contributed by atoms with Crippen LogP contribution in [0.2, 0.25) is 0 Å². The number of nitro benzene ring substituents is 1. The van der Waals surface area contributed by atoms with Gasteiger partial charge in [-0.05, 0) is 95.8 Å². The fraction of sp³-hybridized carbons (Fsp3) is 0.0800. The first-order chi connectivity index (χ1) is 16.4. The van der Waals surface area contributed by atoms with Gasteiger partial charge < -0.3 is 4.74 Å². The number of hydrogen-bond donors (Lipinski definition) is 0. The summed E-state index contributed by atoms with van der Waals surface area (Å²) in [4.78, 5) is 40.6. The van der Waals surface area contributed by atoms with Gasteiger partial charge in [-0.3, -0.25) is 19.5 Å². The number of rotatable bonds is 6. The Hall–Kier alpha value is -3.86. The van der Waals surface area contributed by atoms with Crippen LogP contribution in [0.3, 0.4) is 0 Å². The quantitative estimate of drug-likeness (QED) is 0.137. The molecule has 0 radical (unpaired) electrons. The van der Waals surface area contributed by atoms with Crippen LogP contribution in [0.5, 0.6) is 0 Å². The van der Waals surface area contributed by atoms with Crippen LogP contribution in [0, 0.1) is 13.7 Å². The molecule has 3 aromatic carbocycles. The Morgan fingerprint density at radius 1 is 1.09 bits per heavy atom. The molecule has 0 spiro atoms.